The van der Waals surface area contributed by atoms with E-state index >= 15 is 0 Å². The van der Waals surface area contributed by atoms with E-state index in [0.29, 0.717) is 18.8 Å². The summed E-state index contributed by atoms with van der Waals surface area (Å²) in [5, 5.41) is 5.17. The number of anilines is 1. The molecule has 174 valence electrons. The second-order valence-electron chi connectivity index (χ2n) is 7.35. The minimum absolute atomic E-state index is 0.0617. The number of nitrogens with zero attached hydrogens (tertiary/aromatic N) is 2. The summed E-state index contributed by atoms with van der Waals surface area (Å²) < 4.78 is 28.8. The van der Waals surface area contributed by atoms with Gasteiger partial charge in [-0.05, 0) is 36.4 Å². The van der Waals surface area contributed by atoms with Gasteiger partial charge in [0.2, 0.25) is 0 Å². The summed E-state index contributed by atoms with van der Waals surface area (Å²) in [7, 11) is 2.90. The van der Waals surface area contributed by atoms with E-state index in [4.69, 9.17) is 13.9 Å². The number of hydrogen-bond acceptors (Lipinski definition) is 7. The molecule has 2 amide bonds. The minimum Gasteiger partial charge on any atom is -0.468 e. The van der Waals surface area contributed by atoms with Crippen LogP contribution in [0.25, 0.3) is 0 Å². The standard InChI is InChI=1S/C22H29FN4O5/c1-30-20(31-2)15-25-22(29)21(28)24-14-18(19-4-3-13-32-19)27-11-9-26(10-12-27)17-7-5-16(23)6-8-17/h3-8,13,18,20H,9-12,14-15H2,1-2H3,(H,24,28)(H,25,29)/t18-/m1/s1. The lowest BCUT2D eigenvalue weighted by atomic mass is 10.1. The third-order valence-electron chi connectivity index (χ3n) is 5.44. The monoisotopic (exact) mass is 448 g/mol. The van der Waals surface area contributed by atoms with Gasteiger partial charge in [0.15, 0.2) is 6.29 Å². The van der Waals surface area contributed by atoms with E-state index in [0.717, 1.165) is 18.8 Å². The number of rotatable bonds is 9. The van der Waals surface area contributed by atoms with Crippen molar-refractivity contribution >= 4 is 17.5 Å². The fourth-order valence-electron chi connectivity index (χ4n) is 3.62. The average molecular weight is 448 g/mol. The van der Waals surface area contributed by atoms with Gasteiger partial charge >= 0.3 is 11.8 Å². The fraction of sp³-hybridized carbons (Fsp3) is 0.455. The lowest BCUT2D eigenvalue weighted by molar-refractivity contribution is -0.141. The number of furan rings is 1. The lowest BCUT2D eigenvalue weighted by Crippen LogP contribution is -2.51. The van der Waals surface area contributed by atoms with Crippen molar-refractivity contribution in [2.24, 2.45) is 0 Å². The third kappa shape index (κ3) is 6.28. The van der Waals surface area contributed by atoms with Gasteiger partial charge in [-0.25, -0.2) is 4.39 Å². The summed E-state index contributed by atoms with van der Waals surface area (Å²) in [6.07, 6.45) is 0.960. The Balaban J connectivity index is 1.55. The molecule has 1 aromatic heterocycles. The Labute approximate surface area is 186 Å². The Morgan fingerprint density at radius 1 is 1.00 bits per heavy atom. The normalized spacial score (nSPS) is 15.6. The molecule has 1 aliphatic rings. The Hall–Kier alpha value is -2.95. The van der Waals surface area contributed by atoms with Crippen molar-refractivity contribution in [2.45, 2.75) is 12.3 Å². The highest BCUT2D eigenvalue weighted by Gasteiger charge is 2.28. The summed E-state index contributed by atoms with van der Waals surface area (Å²) in [6, 6.07) is 9.87. The molecule has 32 heavy (non-hydrogen) atoms. The maximum atomic E-state index is 13.2. The van der Waals surface area contributed by atoms with E-state index in [9.17, 15) is 14.0 Å². The molecule has 1 saturated heterocycles. The molecule has 2 aromatic rings. The van der Waals surface area contributed by atoms with Crippen LogP contribution in [0.1, 0.15) is 11.8 Å². The van der Waals surface area contributed by atoms with Gasteiger partial charge in [0.1, 0.15) is 11.6 Å². The lowest BCUT2D eigenvalue weighted by Gasteiger charge is -2.39. The number of amides is 2. The molecule has 0 spiro atoms. The molecule has 0 radical (unpaired) electrons. The number of hydrogen-bond donors (Lipinski definition) is 2. The van der Waals surface area contributed by atoms with Gasteiger partial charge in [-0.3, -0.25) is 14.5 Å². The maximum Gasteiger partial charge on any atom is 0.309 e. The second-order valence-corrected chi connectivity index (χ2v) is 7.35. The van der Waals surface area contributed by atoms with Gasteiger partial charge < -0.3 is 29.4 Å². The van der Waals surface area contributed by atoms with Crippen LogP contribution in [0, 0.1) is 5.82 Å². The van der Waals surface area contributed by atoms with E-state index in [1.54, 1.807) is 24.5 Å². The zero-order chi connectivity index (χ0) is 22.9. The SMILES string of the molecule is COC(CNC(=O)C(=O)NC[C@H](c1ccco1)N1CCN(c2ccc(F)cc2)CC1)OC. The van der Waals surface area contributed by atoms with Crippen LogP contribution < -0.4 is 15.5 Å². The predicted octanol–water partition coefficient (Wildman–Crippen LogP) is 1.13. The first-order chi connectivity index (χ1) is 15.5. The number of nitrogens with one attached hydrogen (secondary N) is 2. The molecule has 1 aliphatic heterocycles. The highest BCUT2D eigenvalue weighted by molar-refractivity contribution is 6.35. The third-order valence-corrected chi connectivity index (χ3v) is 5.44. The Morgan fingerprint density at radius 3 is 2.19 bits per heavy atom. The average Bonchev–Trinajstić information content (AvgIpc) is 3.35. The quantitative estimate of drug-likeness (QED) is 0.439. The number of ether oxygens (including phenoxy) is 2. The smallest absolute Gasteiger partial charge is 0.309 e. The van der Waals surface area contributed by atoms with Crippen molar-refractivity contribution in [1.82, 2.24) is 15.5 Å². The van der Waals surface area contributed by atoms with Crippen LogP contribution >= 0.6 is 0 Å². The number of benzene rings is 1. The zero-order valence-electron chi connectivity index (χ0n) is 18.3. The van der Waals surface area contributed by atoms with Crippen LogP contribution in [0.2, 0.25) is 0 Å². The topological polar surface area (TPSA) is 96.3 Å². The molecular formula is C22H29FN4O5. The highest BCUT2D eigenvalue weighted by Crippen LogP contribution is 2.24. The summed E-state index contributed by atoms with van der Waals surface area (Å²) in [6.45, 7) is 3.20. The van der Waals surface area contributed by atoms with Gasteiger partial charge in [-0.2, -0.15) is 0 Å². The van der Waals surface area contributed by atoms with Crippen molar-refractivity contribution in [1.29, 1.82) is 0 Å². The Kier molecular flexibility index (Phi) is 8.60. The highest BCUT2D eigenvalue weighted by atomic mass is 19.1. The van der Waals surface area contributed by atoms with E-state index in [1.807, 2.05) is 6.07 Å². The van der Waals surface area contributed by atoms with Gasteiger partial charge in [-0.1, -0.05) is 0 Å². The number of carbonyl (C=O) groups excluding carboxylic acids is 2. The summed E-state index contributed by atoms with van der Waals surface area (Å²) in [5.41, 5.74) is 0.969. The first kappa shape index (κ1) is 23.7. The predicted molar refractivity (Wildman–Crippen MR) is 115 cm³/mol. The second kappa shape index (κ2) is 11.6. The molecule has 1 atom stereocenters. The molecule has 2 heterocycles. The molecule has 9 nitrogen and oxygen atoms in total. The van der Waals surface area contributed by atoms with Gasteiger partial charge in [0.25, 0.3) is 0 Å². The molecule has 0 bridgehead atoms. The number of carbonyl (C=O) groups is 2. The number of piperazine rings is 1. The molecule has 0 unspecified atom stereocenters. The first-order valence-corrected chi connectivity index (χ1v) is 10.4. The van der Waals surface area contributed by atoms with Crippen LogP contribution in [0.4, 0.5) is 10.1 Å². The van der Waals surface area contributed by atoms with Crippen LogP contribution in [-0.2, 0) is 19.1 Å². The van der Waals surface area contributed by atoms with Crippen molar-refractivity contribution in [3.05, 3.63) is 54.2 Å². The van der Waals surface area contributed by atoms with Crippen LogP contribution in [0.5, 0.6) is 0 Å². The van der Waals surface area contributed by atoms with Crippen LogP contribution in [0.15, 0.2) is 47.1 Å². The summed E-state index contributed by atoms with van der Waals surface area (Å²) >= 11 is 0. The van der Waals surface area contributed by atoms with E-state index < -0.39 is 18.1 Å². The molecule has 1 fully saturated rings. The Bertz CT molecular complexity index is 850. The first-order valence-electron chi connectivity index (χ1n) is 10.4. The molecule has 10 heteroatoms. The zero-order valence-corrected chi connectivity index (χ0v) is 18.3. The maximum absolute atomic E-state index is 13.2. The van der Waals surface area contributed by atoms with Gasteiger partial charge in [-0.15, -0.1) is 0 Å². The molecule has 0 aliphatic carbocycles. The van der Waals surface area contributed by atoms with Crippen LogP contribution in [0.3, 0.4) is 0 Å². The van der Waals surface area contributed by atoms with E-state index in [1.165, 1.54) is 26.4 Å². The van der Waals surface area contributed by atoms with Crippen LogP contribution in [-0.4, -0.2) is 76.5 Å². The summed E-state index contributed by atoms with van der Waals surface area (Å²) in [4.78, 5) is 28.7. The van der Waals surface area contributed by atoms with Gasteiger partial charge in [0.05, 0.1) is 18.8 Å². The minimum atomic E-state index is -0.761. The fourth-order valence-corrected chi connectivity index (χ4v) is 3.62. The van der Waals surface area contributed by atoms with E-state index in [2.05, 4.69) is 20.4 Å². The van der Waals surface area contributed by atoms with Crippen molar-refractivity contribution < 1.29 is 27.9 Å². The number of methoxy groups -OCH3 is 2. The molecule has 3 rings (SSSR count). The van der Waals surface area contributed by atoms with Crippen molar-refractivity contribution in [3.63, 3.8) is 0 Å². The molecular weight excluding hydrogens is 419 g/mol. The van der Waals surface area contributed by atoms with Crippen molar-refractivity contribution in [3.8, 4) is 0 Å². The molecule has 0 saturated carbocycles. The summed E-state index contributed by atoms with van der Waals surface area (Å²) in [5.74, 6) is -1.05. The van der Waals surface area contributed by atoms with Gasteiger partial charge in [0, 0.05) is 52.6 Å². The number of halogens is 1. The van der Waals surface area contributed by atoms with Crippen molar-refractivity contribution in [2.75, 3.05) is 58.4 Å². The molecule has 2 N–H and O–H groups in total. The Morgan fingerprint density at radius 2 is 1.62 bits per heavy atom. The van der Waals surface area contributed by atoms with E-state index in [-0.39, 0.29) is 24.9 Å². The largest absolute Gasteiger partial charge is 0.468 e. The molecule has 1 aromatic carbocycles.